The van der Waals surface area contributed by atoms with Crippen LogP contribution in [0.3, 0.4) is 0 Å². The highest BCUT2D eigenvalue weighted by Crippen LogP contribution is 2.22. The molecule has 92 valence electrons. The van der Waals surface area contributed by atoms with Crippen molar-refractivity contribution in [1.29, 1.82) is 0 Å². The smallest absolute Gasteiger partial charge is 0.313 e. The fraction of sp³-hybridized carbons (Fsp3) is 0.700. The Kier molecular flexibility index (Phi) is 4.73. The molecular formula is C10H15F3N2S. The molecule has 1 N–H and O–H groups in total. The maximum atomic E-state index is 12.1. The molecule has 0 saturated carbocycles. The van der Waals surface area contributed by atoms with E-state index in [1.807, 2.05) is 12.3 Å². The van der Waals surface area contributed by atoms with E-state index in [-0.39, 0.29) is 5.92 Å². The second-order valence-corrected chi connectivity index (χ2v) is 4.83. The highest BCUT2D eigenvalue weighted by molar-refractivity contribution is 7.09. The number of aromatic nitrogens is 1. The largest absolute Gasteiger partial charge is 0.390 e. The predicted molar refractivity (Wildman–Crippen MR) is 58.7 cm³/mol. The van der Waals surface area contributed by atoms with Crippen LogP contribution in [0.25, 0.3) is 0 Å². The average Bonchev–Trinajstić information content (AvgIpc) is 2.64. The lowest BCUT2D eigenvalue weighted by atomic mass is 10.1. The number of alkyl halides is 3. The summed E-state index contributed by atoms with van der Waals surface area (Å²) < 4.78 is 36.2. The lowest BCUT2D eigenvalue weighted by molar-refractivity contribution is -0.139. The number of thiazole rings is 1. The molecule has 2 atom stereocenters. The molecule has 6 heteroatoms. The molecule has 0 radical (unpaired) electrons. The predicted octanol–water partition coefficient (Wildman–Crippen LogP) is 3.18. The first-order chi connectivity index (χ1) is 7.38. The third-order valence-corrected chi connectivity index (χ3v) is 3.19. The molecule has 0 aliphatic rings. The van der Waals surface area contributed by atoms with E-state index in [0.29, 0.717) is 6.54 Å². The summed E-state index contributed by atoms with van der Waals surface area (Å²) in [6.07, 6.45) is -3.19. The summed E-state index contributed by atoms with van der Waals surface area (Å²) in [6, 6.07) is -0.553. The van der Waals surface area contributed by atoms with E-state index in [0.717, 1.165) is 5.01 Å². The number of rotatable bonds is 5. The summed E-state index contributed by atoms with van der Waals surface area (Å²) in [6.45, 7) is 4.01. The zero-order valence-corrected chi connectivity index (χ0v) is 10.0. The van der Waals surface area contributed by atoms with Gasteiger partial charge in [0.2, 0.25) is 0 Å². The van der Waals surface area contributed by atoms with Gasteiger partial charge < -0.3 is 5.32 Å². The topological polar surface area (TPSA) is 24.9 Å². The van der Waals surface area contributed by atoms with Crippen molar-refractivity contribution in [3.8, 4) is 0 Å². The number of nitrogens with zero attached hydrogens (tertiary/aromatic N) is 1. The zero-order valence-electron chi connectivity index (χ0n) is 9.21. The minimum absolute atomic E-state index is 0.149. The van der Waals surface area contributed by atoms with Crippen LogP contribution in [0.4, 0.5) is 13.2 Å². The van der Waals surface area contributed by atoms with Crippen molar-refractivity contribution < 1.29 is 13.2 Å². The van der Waals surface area contributed by atoms with Gasteiger partial charge in [-0.1, -0.05) is 6.92 Å². The lowest BCUT2D eigenvalue weighted by Gasteiger charge is -2.17. The van der Waals surface area contributed by atoms with Gasteiger partial charge >= 0.3 is 6.18 Å². The van der Waals surface area contributed by atoms with Crippen molar-refractivity contribution in [2.24, 2.45) is 0 Å². The van der Waals surface area contributed by atoms with E-state index in [1.54, 1.807) is 13.1 Å². The molecule has 0 fully saturated rings. The summed E-state index contributed by atoms with van der Waals surface area (Å²) in [5.41, 5.74) is 0. The van der Waals surface area contributed by atoms with Gasteiger partial charge in [-0.25, -0.2) is 4.98 Å². The lowest BCUT2D eigenvalue weighted by Crippen LogP contribution is -2.33. The second kappa shape index (κ2) is 5.63. The molecule has 0 aromatic carbocycles. The quantitative estimate of drug-likeness (QED) is 0.870. The van der Waals surface area contributed by atoms with E-state index < -0.39 is 18.6 Å². The van der Waals surface area contributed by atoms with Crippen LogP contribution in [0.15, 0.2) is 11.6 Å². The maximum Gasteiger partial charge on any atom is 0.390 e. The van der Waals surface area contributed by atoms with Crippen molar-refractivity contribution >= 4 is 11.3 Å². The van der Waals surface area contributed by atoms with Crippen molar-refractivity contribution in [2.75, 3.05) is 6.54 Å². The molecule has 2 unspecified atom stereocenters. The molecule has 1 heterocycles. The Morgan fingerprint density at radius 3 is 2.62 bits per heavy atom. The summed E-state index contributed by atoms with van der Waals surface area (Å²) in [7, 11) is 0. The average molecular weight is 252 g/mol. The highest BCUT2D eigenvalue weighted by atomic mass is 32.1. The van der Waals surface area contributed by atoms with Gasteiger partial charge in [-0.05, 0) is 6.92 Å². The minimum atomic E-state index is -4.10. The number of nitrogens with one attached hydrogen (secondary N) is 1. The van der Waals surface area contributed by atoms with Crippen LogP contribution in [-0.4, -0.2) is 23.7 Å². The van der Waals surface area contributed by atoms with Gasteiger partial charge in [0.25, 0.3) is 0 Å². The number of hydrogen-bond donors (Lipinski definition) is 1. The fourth-order valence-electron chi connectivity index (χ4n) is 1.36. The molecule has 1 aromatic heterocycles. The van der Waals surface area contributed by atoms with Crippen LogP contribution < -0.4 is 5.32 Å². The van der Waals surface area contributed by atoms with E-state index in [9.17, 15) is 13.2 Å². The van der Waals surface area contributed by atoms with Gasteiger partial charge in [-0.3, -0.25) is 0 Å². The molecule has 0 aliphatic heterocycles. The summed E-state index contributed by atoms with van der Waals surface area (Å²) >= 11 is 1.52. The summed E-state index contributed by atoms with van der Waals surface area (Å²) in [5, 5.41) is 5.69. The van der Waals surface area contributed by atoms with E-state index in [2.05, 4.69) is 10.3 Å². The molecule has 0 aliphatic carbocycles. The Morgan fingerprint density at radius 2 is 2.12 bits per heavy atom. The Morgan fingerprint density at radius 1 is 1.44 bits per heavy atom. The number of hydrogen-bond acceptors (Lipinski definition) is 3. The van der Waals surface area contributed by atoms with Gasteiger partial charge in [0.1, 0.15) is 0 Å². The Hall–Kier alpha value is -0.620. The van der Waals surface area contributed by atoms with Crippen LogP contribution in [0.2, 0.25) is 0 Å². The van der Waals surface area contributed by atoms with Crippen molar-refractivity contribution in [1.82, 2.24) is 10.3 Å². The molecule has 2 nitrogen and oxygen atoms in total. The third kappa shape index (κ3) is 4.94. The standard InChI is InChI=1S/C10H15F3N2S/c1-7(9-14-3-4-16-9)6-15-8(2)5-10(11,12)13/h3-4,7-8,15H,5-6H2,1-2H3. The van der Waals surface area contributed by atoms with Crippen LogP contribution in [0.5, 0.6) is 0 Å². The maximum absolute atomic E-state index is 12.1. The SMILES string of the molecule is CC(CC(F)(F)F)NCC(C)c1nccs1. The van der Waals surface area contributed by atoms with E-state index in [1.165, 1.54) is 11.3 Å². The molecule has 1 aromatic rings. The minimum Gasteiger partial charge on any atom is -0.313 e. The molecule has 0 spiro atoms. The second-order valence-electron chi connectivity index (χ2n) is 3.90. The summed E-state index contributed by atoms with van der Waals surface area (Å²) in [4.78, 5) is 4.12. The van der Waals surface area contributed by atoms with E-state index >= 15 is 0 Å². The normalized spacial score (nSPS) is 16.1. The van der Waals surface area contributed by atoms with Gasteiger partial charge in [-0.15, -0.1) is 11.3 Å². The first kappa shape index (κ1) is 13.4. The van der Waals surface area contributed by atoms with Crippen molar-refractivity contribution in [3.63, 3.8) is 0 Å². The molecule has 0 bridgehead atoms. The molecule has 0 amide bonds. The van der Waals surface area contributed by atoms with Gasteiger partial charge in [0.05, 0.1) is 11.4 Å². The molecule has 1 rings (SSSR count). The molecular weight excluding hydrogens is 237 g/mol. The Bertz CT molecular complexity index is 298. The van der Waals surface area contributed by atoms with Crippen LogP contribution >= 0.6 is 11.3 Å². The first-order valence-corrected chi connectivity index (χ1v) is 5.96. The van der Waals surface area contributed by atoms with Crippen LogP contribution in [-0.2, 0) is 0 Å². The molecule has 0 saturated heterocycles. The summed E-state index contributed by atoms with van der Waals surface area (Å²) in [5.74, 6) is 0.149. The van der Waals surface area contributed by atoms with Gasteiger partial charge in [-0.2, -0.15) is 13.2 Å². The Balaban J connectivity index is 2.29. The monoisotopic (exact) mass is 252 g/mol. The van der Waals surface area contributed by atoms with E-state index in [4.69, 9.17) is 0 Å². The molecule has 16 heavy (non-hydrogen) atoms. The van der Waals surface area contributed by atoms with Gasteiger partial charge in [0.15, 0.2) is 0 Å². The highest BCUT2D eigenvalue weighted by Gasteiger charge is 2.29. The Labute approximate surface area is 96.9 Å². The fourth-order valence-corrected chi connectivity index (χ4v) is 2.06. The van der Waals surface area contributed by atoms with Crippen molar-refractivity contribution in [3.05, 3.63) is 16.6 Å². The van der Waals surface area contributed by atoms with Gasteiger partial charge in [0, 0.05) is 30.1 Å². The number of halogens is 3. The van der Waals surface area contributed by atoms with Crippen molar-refractivity contribution in [2.45, 2.75) is 38.4 Å². The van der Waals surface area contributed by atoms with Crippen LogP contribution in [0.1, 0.15) is 31.2 Å². The third-order valence-electron chi connectivity index (χ3n) is 2.18. The first-order valence-electron chi connectivity index (χ1n) is 5.08. The zero-order chi connectivity index (χ0) is 12.2. The van der Waals surface area contributed by atoms with Crippen LogP contribution in [0, 0.1) is 0 Å².